The Bertz CT molecular complexity index is 722. The van der Waals surface area contributed by atoms with Gasteiger partial charge in [0, 0.05) is 20.1 Å². The maximum atomic E-state index is 6.04. The van der Waals surface area contributed by atoms with Gasteiger partial charge in [-0.15, -0.1) is 0 Å². The van der Waals surface area contributed by atoms with Crippen LogP contribution in [0, 0.1) is 0 Å². The molecule has 0 N–H and O–H groups in total. The molecule has 0 saturated carbocycles. The minimum Gasteiger partial charge on any atom is -0.0843 e. The Balaban J connectivity index is 1.97. The molecule has 0 spiro atoms. The van der Waals surface area contributed by atoms with Crippen LogP contribution in [-0.2, 0) is 16.6 Å². The molecule has 3 rings (SSSR count). The zero-order valence-corrected chi connectivity index (χ0v) is 16.1. The van der Waals surface area contributed by atoms with Gasteiger partial charge in [-0.2, -0.15) is 0 Å². The van der Waals surface area contributed by atoms with Crippen molar-refractivity contribution in [3.8, 4) is 0 Å². The minimum absolute atomic E-state index is 0.0580. The first-order chi connectivity index (χ1) is 11.1. The molecule has 0 amide bonds. The van der Waals surface area contributed by atoms with Gasteiger partial charge in [0.2, 0.25) is 0 Å². The second-order valence-electron chi connectivity index (χ2n) is 5.07. The predicted octanol–water partition coefficient (Wildman–Crippen LogP) is 6.99. The molecule has 3 aromatic rings. The van der Waals surface area contributed by atoms with Crippen LogP contribution < -0.4 is 0 Å². The third-order valence-corrected chi connectivity index (χ3v) is 6.76. The van der Waals surface area contributed by atoms with E-state index in [1.165, 1.54) is 15.4 Å². The highest BCUT2D eigenvalue weighted by atomic mass is 79.9. The van der Waals surface area contributed by atoms with Crippen molar-refractivity contribution in [3.05, 3.63) is 92.9 Å². The van der Waals surface area contributed by atoms with Crippen molar-refractivity contribution < 1.29 is 0 Å². The van der Waals surface area contributed by atoms with Crippen LogP contribution >= 0.6 is 39.1 Å². The third-order valence-electron chi connectivity index (χ3n) is 3.42. The first-order valence-corrected chi connectivity index (χ1v) is 10.0. The average molecular weight is 425 g/mol. The van der Waals surface area contributed by atoms with E-state index in [-0.39, 0.29) is 10.9 Å². The Hall–Kier alpha value is -0.930. The van der Waals surface area contributed by atoms with E-state index in [0.717, 1.165) is 20.3 Å². The Morgan fingerprint density at radius 2 is 1.09 bits per heavy atom. The van der Waals surface area contributed by atoms with Crippen molar-refractivity contribution >= 4 is 50.0 Å². The van der Waals surface area contributed by atoms with Gasteiger partial charge in [0.25, 0.3) is 0 Å². The predicted molar refractivity (Wildman–Crippen MR) is 105 cm³/mol. The van der Waals surface area contributed by atoms with Gasteiger partial charge in [0.1, 0.15) is 5.75 Å². The fourth-order valence-corrected chi connectivity index (χ4v) is 4.82. The Kier molecular flexibility index (Phi) is 5.71. The average Bonchev–Trinajstić information content (AvgIpc) is 2.56. The van der Waals surface area contributed by atoms with Crippen LogP contribution in [0.3, 0.4) is 0 Å². The first kappa shape index (κ1) is 16.9. The molecular weight excluding hydrogens is 411 g/mol. The lowest BCUT2D eigenvalue weighted by molar-refractivity contribution is 1.30. The largest absolute Gasteiger partial charge is 0.161 e. The maximum Gasteiger partial charge on any atom is 0.161 e. The summed E-state index contributed by atoms with van der Waals surface area (Å²) in [6.07, 6.45) is 0. The number of rotatable bonds is 4. The lowest BCUT2D eigenvalue weighted by Gasteiger charge is -2.09. The highest BCUT2D eigenvalue weighted by Crippen LogP contribution is 2.29. The highest BCUT2D eigenvalue weighted by molar-refractivity contribution is 9.10. The molecule has 23 heavy (non-hydrogen) atoms. The van der Waals surface area contributed by atoms with E-state index in [0.29, 0.717) is 0 Å². The summed E-state index contributed by atoms with van der Waals surface area (Å²) in [6, 6.07) is 24.7. The van der Waals surface area contributed by atoms with E-state index in [1.807, 2.05) is 24.3 Å². The van der Waals surface area contributed by atoms with Gasteiger partial charge in [0.05, 0.1) is 10.9 Å². The Morgan fingerprint density at radius 3 is 1.52 bits per heavy atom. The zero-order valence-electron chi connectivity index (χ0n) is 12.2. The lowest BCUT2D eigenvalue weighted by Crippen LogP contribution is -2.07. The van der Waals surface area contributed by atoms with Crippen LogP contribution in [0.4, 0.5) is 0 Å². The summed E-state index contributed by atoms with van der Waals surface area (Å²) < 4.78 is 1.10. The molecule has 0 atom stereocenters. The standard InChI is InChI=1S/C19H14BrCl2S/c20-15-3-1-14(2-4-15)13-23(18-9-5-16(21)6-10-18)19-11-7-17(22)8-12-19/h1-12H,13H2/q+1. The van der Waals surface area contributed by atoms with E-state index in [2.05, 4.69) is 64.5 Å². The number of halogens is 3. The van der Waals surface area contributed by atoms with E-state index in [4.69, 9.17) is 23.2 Å². The van der Waals surface area contributed by atoms with Gasteiger partial charge in [-0.3, -0.25) is 0 Å². The molecule has 0 saturated heterocycles. The van der Waals surface area contributed by atoms with Crippen LogP contribution in [0.1, 0.15) is 5.56 Å². The molecule has 0 heterocycles. The van der Waals surface area contributed by atoms with Gasteiger partial charge in [-0.25, -0.2) is 0 Å². The summed E-state index contributed by atoms with van der Waals surface area (Å²) in [4.78, 5) is 2.55. The lowest BCUT2D eigenvalue weighted by atomic mass is 10.2. The molecular formula is C19H14BrCl2S+. The summed E-state index contributed by atoms with van der Waals surface area (Å²) in [5.41, 5.74) is 1.31. The monoisotopic (exact) mass is 423 g/mol. The molecule has 0 unspecified atom stereocenters. The number of hydrogen-bond acceptors (Lipinski definition) is 0. The molecule has 0 bridgehead atoms. The summed E-state index contributed by atoms with van der Waals surface area (Å²) in [6.45, 7) is 0. The molecule has 0 nitrogen and oxygen atoms in total. The maximum absolute atomic E-state index is 6.04. The second-order valence-corrected chi connectivity index (χ2v) is 8.87. The van der Waals surface area contributed by atoms with Gasteiger partial charge in [0.15, 0.2) is 9.79 Å². The van der Waals surface area contributed by atoms with Crippen molar-refractivity contribution in [2.75, 3.05) is 0 Å². The molecule has 0 aliphatic heterocycles. The Morgan fingerprint density at radius 1 is 0.652 bits per heavy atom. The molecule has 116 valence electrons. The van der Waals surface area contributed by atoms with E-state index in [1.54, 1.807) is 0 Å². The molecule has 0 aliphatic rings. The summed E-state index contributed by atoms with van der Waals surface area (Å²) in [5, 5.41) is 1.52. The summed E-state index contributed by atoms with van der Waals surface area (Å²) >= 11 is 15.6. The van der Waals surface area contributed by atoms with Crippen molar-refractivity contribution in [2.45, 2.75) is 15.5 Å². The van der Waals surface area contributed by atoms with Crippen molar-refractivity contribution in [2.24, 2.45) is 0 Å². The van der Waals surface area contributed by atoms with Crippen LogP contribution in [0.5, 0.6) is 0 Å². The number of hydrogen-bond donors (Lipinski definition) is 0. The first-order valence-electron chi connectivity index (χ1n) is 7.08. The zero-order chi connectivity index (χ0) is 16.2. The molecule has 3 aromatic carbocycles. The molecule has 4 heteroatoms. The van der Waals surface area contributed by atoms with E-state index >= 15 is 0 Å². The molecule has 0 aliphatic carbocycles. The van der Waals surface area contributed by atoms with Gasteiger partial charge < -0.3 is 0 Å². The van der Waals surface area contributed by atoms with Gasteiger partial charge >= 0.3 is 0 Å². The van der Waals surface area contributed by atoms with Crippen LogP contribution in [0.2, 0.25) is 10.0 Å². The highest BCUT2D eigenvalue weighted by Gasteiger charge is 2.25. The van der Waals surface area contributed by atoms with Crippen molar-refractivity contribution in [1.82, 2.24) is 0 Å². The number of benzene rings is 3. The summed E-state index contributed by atoms with van der Waals surface area (Å²) in [5.74, 6) is 0.955. The van der Waals surface area contributed by atoms with E-state index < -0.39 is 0 Å². The van der Waals surface area contributed by atoms with Gasteiger partial charge in [-0.05, 0) is 60.7 Å². The smallest absolute Gasteiger partial charge is 0.0843 e. The summed E-state index contributed by atoms with van der Waals surface area (Å²) in [7, 11) is -0.0580. The van der Waals surface area contributed by atoms with Crippen LogP contribution in [0.25, 0.3) is 0 Å². The Labute approximate surface area is 157 Å². The third kappa shape index (κ3) is 4.54. The second kappa shape index (κ2) is 7.76. The minimum atomic E-state index is -0.0580. The topological polar surface area (TPSA) is 0 Å². The SMILES string of the molecule is Clc1ccc([S+](Cc2ccc(Br)cc2)c2ccc(Cl)cc2)cc1. The van der Waals surface area contributed by atoms with Crippen molar-refractivity contribution in [3.63, 3.8) is 0 Å². The van der Waals surface area contributed by atoms with E-state index in [9.17, 15) is 0 Å². The van der Waals surface area contributed by atoms with Gasteiger partial charge in [-0.1, -0.05) is 51.3 Å². The molecule has 0 fully saturated rings. The molecule has 0 radical (unpaired) electrons. The molecule has 0 aromatic heterocycles. The van der Waals surface area contributed by atoms with Crippen LogP contribution in [0.15, 0.2) is 87.1 Å². The fourth-order valence-electron chi connectivity index (χ4n) is 2.25. The quantitative estimate of drug-likeness (QED) is 0.395. The normalized spacial score (nSPS) is 11.0. The van der Waals surface area contributed by atoms with Crippen molar-refractivity contribution in [1.29, 1.82) is 0 Å². The fraction of sp³-hybridized carbons (Fsp3) is 0.0526. The van der Waals surface area contributed by atoms with Crippen LogP contribution in [-0.4, -0.2) is 0 Å².